The van der Waals surface area contributed by atoms with Gasteiger partial charge in [-0.25, -0.2) is 14.8 Å². The molecule has 4 N–H and O–H groups in total. The summed E-state index contributed by atoms with van der Waals surface area (Å²) in [5.41, 5.74) is 7.49. The maximum Gasteiger partial charge on any atom is 0.340 e. The van der Waals surface area contributed by atoms with Gasteiger partial charge in [-0.3, -0.25) is 0 Å². The second-order valence-corrected chi connectivity index (χ2v) is 5.15. The summed E-state index contributed by atoms with van der Waals surface area (Å²) in [6, 6.07) is 7.02. The van der Waals surface area contributed by atoms with E-state index in [0.29, 0.717) is 48.3 Å². The highest BCUT2D eigenvalue weighted by Gasteiger charge is 2.14. The van der Waals surface area contributed by atoms with Gasteiger partial charge in [0.2, 0.25) is 0 Å². The van der Waals surface area contributed by atoms with Gasteiger partial charge in [-0.1, -0.05) is 12.1 Å². The van der Waals surface area contributed by atoms with E-state index in [-0.39, 0.29) is 0 Å². The molecule has 0 spiro atoms. The lowest BCUT2D eigenvalue weighted by Gasteiger charge is -2.14. The SMILES string of the molecule is CCOC(=O)c1ccccc1Nc1ncnc(NCCCOC)c1N. The maximum absolute atomic E-state index is 12.1. The third-order valence-electron chi connectivity index (χ3n) is 3.38. The monoisotopic (exact) mass is 345 g/mol. The molecule has 0 fully saturated rings. The molecule has 1 heterocycles. The summed E-state index contributed by atoms with van der Waals surface area (Å²) >= 11 is 0. The number of nitrogens with zero attached hydrogens (tertiary/aromatic N) is 2. The van der Waals surface area contributed by atoms with Gasteiger partial charge in [-0.15, -0.1) is 0 Å². The summed E-state index contributed by atoms with van der Waals surface area (Å²) in [5.74, 6) is 0.541. The number of rotatable bonds is 9. The zero-order valence-corrected chi connectivity index (χ0v) is 14.4. The Morgan fingerprint density at radius 2 is 2.00 bits per heavy atom. The lowest BCUT2D eigenvalue weighted by atomic mass is 10.2. The predicted octanol–water partition coefficient (Wildman–Crippen LogP) is 2.43. The van der Waals surface area contributed by atoms with Gasteiger partial charge in [0.25, 0.3) is 0 Å². The molecule has 0 atom stereocenters. The molecule has 134 valence electrons. The number of nitrogen functional groups attached to an aromatic ring is 1. The first-order chi connectivity index (χ1) is 12.2. The minimum Gasteiger partial charge on any atom is -0.462 e. The van der Waals surface area contributed by atoms with Gasteiger partial charge in [0.15, 0.2) is 11.6 Å². The zero-order chi connectivity index (χ0) is 18.1. The van der Waals surface area contributed by atoms with Crippen LogP contribution in [-0.4, -0.2) is 42.8 Å². The molecule has 8 heteroatoms. The largest absolute Gasteiger partial charge is 0.462 e. The van der Waals surface area contributed by atoms with Crippen LogP contribution in [0.3, 0.4) is 0 Å². The summed E-state index contributed by atoms with van der Waals surface area (Å²) < 4.78 is 10.1. The first kappa shape index (κ1) is 18.5. The molecule has 25 heavy (non-hydrogen) atoms. The normalized spacial score (nSPS) is 10.3. The van der Waals surface area contributed by atoms with Crippen molar-refractivity contribution in [1.29, 1.82) is 0 Å². The number of nitrogens with two attached hydrogens (primary N) is 1. The summed E-state index contributed by atoms with van der Waals surface area (Å²) in [5, 5.41) is 6.22. The summed E-state index contributed by atoms with van der Waals surface area (Å²) in [4.78, 5) is 20.4. The van der Waals surface area contributed by atoms with Gasteiger partial charge in [0, 0.05) is 20.3 Å². The van der Waals surface area contributed by atoms with Crippen LogP contribution >= 0.6 is 0 Å². The fourth-order valence-corrected chi connectivity index (χ4v) is 2.17. The Bertz CT molecular complexity index is 708. The molecule has 0 radical (unpaired) electrons. The molecule has 2 rings (SSSR count). The second kappa shape index (κ2) is 9.43. The Labute approximate surface area is 146 Å². The van der Waals surface area contributed by atoms with Gasteiger partial charge in [0.1, 0.15) is 12.0 Å². The Morgan fingerprint density at radius 3 is 2.76 bits per heavy atom. The van der Waals surface area contributed by atoms with Crippen molar-refractivity contribution < 1.29 is 14.3 Å². The number of anilines is 4. The van der Waals surface area contributed by atoms with Crippen LogP contribution in [0.5, 0.6) is 0 Å². The highest BCUT2D eigenvalue weighted by atomic mass is 16.5. The van der Waals surface area contributed by atoms with Crippen molar-refractivity contribution in [2.24, 2.45) is 0 Å². The molecule has 0 unspecified atom stereocenters. The van der Waals surface area contributed by atoms with Crippen molar-refractivity contribution >= 4 is 29.0 Å². The molecular formula is C17H23N5O3. The lowest BCUT2D eigenvalue weighted by molar-refractivity contribution is 0.0527. The standard InChI is InChI=1S/C17H23N5O3/c1-3-25-17(23)12-7-4-5-8-13(12)22-16-14(18)15(20-11-21-16)19-9-6-10-24-2/h4-5,7-8,11H,3,6,9-10,18H2,1-2H3,(H2,19,20,21,22). The van der Waals surface area contributed by atoms with Crippen LogP contribution in [0.25, 0.3) is 0 Å². The smallest absolute Gasteiger partial charge is 0.340 e. The molecule has 0 amide bonds. The molecule has 8 nitrogen and oxygen atoms in total. The number of hydrogen-bond acceptors (Lipinski definition) is 8. The number of hydrogen-bond donors (Lipinski definition) is 3. The van der Waals surface area contributed by atoms with E-state index in [9.17, 15) is 4.79 Å². The maximum atomic E-state index is 12.1. The van der Waals surface area contributed by atoms with E-state index in [1.807, 2.05) is 6.07 Å². The van der Waals surface area contributed by atoms with Crippen molar-refractivity contribution in [2.75, 3.05) is 43.2 Å². The summed E-state index contributed by atoms with van der Waals surface area (Å²) in [6.45, 7) is 3.39. The number of carbonyl (C=O) groups excluding carboxylic acids is 1. The van der Waals surface area contributed by atoms with Gasteiger partial charge < -0.3 is 25.8 Å². The highest BCUT2D eigenvalue weighted by molar-refractivity contribution is 5.97. The number of esters is 1. The minimum atomic E-state index is -0.406. The van der Waals surface area contributed by atoms with Crippen molar-refractivity contribution in [2.45, 2.75) is 13.3 Å². The first-order valence-electron chi connectivity index (χ1n) is 8.03. The van der Waals surface area contributed by atoms with Gasteiger partial charge in [-0.05, 0) is 25.5 Å². The number of para-hydroxylation sites is 1. The van der Waals surface area contributed by atoms with Crippen LogP contribution in [0.2, 0.25) is 0 Å². The van der Waals surface area contributed by atoms with E-state index in [2.05, 4.69) is 20.6 Å². The zero-order valence-electron chi connectivity index (χ0n) is 14.4. The van der Waals surface area contributed by atoms with Crippen molar-refractivity contribution in [3.8, 4) is 0 Å². The molecule has 1 aromatic heterocycles. The Kier molecular flexibility index (Phi) is 6.97. The number of benzene rings is 1. The fourth-order valence-electron chi connectivity index (χ4n) is 2.17. The second-order valence-electron chi connectivity index (χ2n) is 5.15. The van der Waals surface area contributed by atoms with E-state index >= 15 is 0 Å². The Hall–Kier alpha value is -2.87. The predicted molar refractivity (Wildman–Crippen MR) is 97.1 cm³/mol. The molecular weight excluding hydrogens is 322 g/mol. The van der Waals surface area contributed by atoms with Crippen LogP contribution in [0.15, 0.2) is 30.6 Å². The van der Waals surface area contributed by atoms with Gasteiger partial charge in [0.05, 0.1) is 17.9 Å². The number of nitrogens with one attached hydrogen (secondary N) is 2. The Morgan fingerprint density at radius 1 is 1.24 bits per heavy atom. The van der Waals surface area contributed by atoms with Crippen LogP contribution in [0, 0.1) is 0 Å². The molecule has 0 aliphatic heterocycles. The van der Waals surface area contributed by atoms with Crippen LogP contribution in [0.4, 0.5) is 23.0 Å². The van der Waals surface area contributed by atoms with Crippen molar-refractivity contribution in [3.05, 3.63) is 36.2 Å². The van der Waals surface area contributed by atoms with E-state index < -0.39 is 5.97 Å². The molecule has 0 aliphatic carbocycles. The number of methoxy groups -OCH3 is 1. The van der Waals surface area contributed by atoms with Gasteiger partial charge in [-0.2, -0.15) is 0 Å². The third-order valence-corrected chi connectivity index (χ3v) is 3.38. The average Bonchev–Trinajstić information content (AvgIpc) is 2.62. The fraction of sp³-hybridized carbons (Fsp3) is 0.353. The first-order valence-corrected chi connectivity index (χ1v) is 8.03. The molecule has 2 aromatic rings. The number of aromatic nitrogens is 2. The lowest BCUT2D eigenvalue weighted by Crippen LogP contribution is -2.12. The van der Waals surface area contributed by atoms with Crippen molar-refractivity contribution in [1.82, 2.24) is 9.97 Å². The average molecular weight is 345 g/mol. The topological polar surface area (TPSA) is 111 Å². The Balaban J connectivity index is 2.17. The summed E-state index contributed by atoms with van der Waals surface area (Å²) in [6.07, 6.45) is 2.23. The molecule has 0 aliphatic rings. The van der Waals surface area contributed by atoms with Crippen molar-refractivity contribution in [3.63, 3.8) is 0 Å². The van der Waals surface area contributed by atoms with Crippen LogP contribution in [0.1, 0.15) is 23.7 Å². The van der Waals surface area contributed by atoms with E-state index in [0.717, 1.165) is 6.42 Å². The van der Waals surface area contributed by atoms with E-state index in [1.54, 1.807) is 32.2 Å². The molecule has 1 aromatic carbocycles. The van der Waals surface area contributed by atoms with Crippen LogP contribution < -0.4 is 16.4 Å². The molecule has 0 saturated heterocycles. The molecule has 0 saturated carbocycles. The number of ether oxygens (including phenoxy) is 2. The molecule has 0 bridgehead atoms. The number of carbonyl (C=O) groups is 1. The minimum absolute atomic E-state index is 0.304. The van der Waals surface area contributed by atoms with E-state index in [4.69, 9.17) is 15.2 Å². The van der Waals surface area contributed by atoms with Crippen LogP contribution in [-0.2, 0) is 9.47 Å². The summed E-state index contributed by atoms with van der Waals surface area (Å²) in [7, 11) is 1.65. The van der Waals surface area contributed by atoms with E-state index in [1.165, 1.54) is 6.33 Å². The quantitative estimate of drug-likeness (QED) is 0.469. The highest BCUT2D eigenvalue weighted by Crippen LogP contribution is 2.27. The third kappa shape index (κ3) is 5.05. The van der Waals surface area contributed by atoms with Gasteiger partial charge >= 0.3 is 5.97 Å².